The summed E-state index contributed by atoms with van der Waals surface area (Å²) < 4.78 is 4.37. The number of aromatic amines is 1. The maximum absolute atomic E-state index is 12.8. The Morgan fingerprint density at radius 2 is 2.12 bits per heavy atom. The molecule has 3 aromatic rings. The second-order valence-electron chi connectivity index (χ2n) is 9.20. The quantitative estimate of drug-likeness (QED) is 0.631. The van der Waals surface area contributed by atoms with Crippen LogP contribution in [0.1, 0.15) is 43.0 Å². The number of aromatic nitrogens is 4. The highest BCUT2D eigenvalue weighted by Gasteiger charge is 2.44. The van der Waals surface area contributed by atoms with Gasteiger partial charge in [-0.2, -0.15) is 9.64 Å². The topological polar surface area (TPSA) is 114 Å². The van der Waals surface area contributed by atoms with Gasteiger partial charge in [0.1, 0.15) is 17.5 Å². The molecule has 4 heterocycles. The molecule has 0 radical (unpaired) electrons. The second kappa shape index (κ2) is 7.45. The first-order valence-corrected chi connectivity index (χ1v) is 11.9. The van der Waals surface area contributed by atoms with E-state index in [1.807, 2.05) is 17.2 Å². The molecule has 9 nitrogen and oxygen atoms in total. The number of nitrogens with one attached hydrogen (secondary N) is 2. The van der Waals surface area contributed by atoms with Gasteiger partial charge in [0.15, 0.2) is 0 Å². The van der Waals surface area contributed by atoms with E-state index in [0.29, 0.717) is 34.5 Å². The van der Waals surface area contributed by atoms with Gasteiger partial charge in [-0.25, -0.2) is 14.8 Å². The number of likely N-dealkylation sites (tertiary alicyclic amines) is 1. The molecule has 164 valence electrons. The first-order chi connectivity index (χ1) is 15.6. The molecule has 3 aromatic heterocycles. The summed E-state index contributed by atoms with van der Waals surface area (Å²) in [4.78, 5) is 28.9. The highest BCUT2D eigenvalue weighted by atomic mass is 32.1. The number of carbonyl (C=O) groups excluding carboxylic acids is 1. The van der Waals surface area contributed by atoms with Crippen LogP contribution in [0.3, 0.4) is 0 Å². The third kappa shape index (κ3) is 3.28. The van der Waals surface area contributed by atoms with E-state index in [2.05, 4.69) is 42.7 Å². The van der Waals surface area contributed by atoms with Crippen LogP contribution < -0.4 is 10.2 Å². The van der Waals surface area contributed by atoms with Crippen molar-refractivity contribution < 1.29 is 4.79 Å². The van der Waals surface area contributed by atoms with Gasteiger partial charge in [0, 0.05) is 61.4 Å². The fourth-order valence-electron chi connectivity index (χ4n) is 5.35. The molecule has 0 aromatic carbocycles. The summed E-state index contributed by atoms with van der Waals surface area (Å²) in [5.41, 5.74) is 2.34. The number of pyridine rings is 1. The van der Waals surface area contributed by atoms with Crippen LogP contribution in [0.5, 0.6) is 0 Å². The Morgan fingerprint density at radius 1 is 1.34 bits per heavy atom. The highest BCUT2D eigenvalue weighted by molar-refractivity contribution is 7.09. The average Bonchev–Trinajstić information content (AvgIpc) is 3.17. The third-order valence-corrected chi connectivity index (χ3v) is 7.84. The van der Waals surface area contributed by atoms with Crippen molar-refractivity contribution in [2.24, 2.45) is 11.8 Å². The molecule has 2 aliphatic carbocycles. The SMILES string of the molecule is CN(c1c(C#N)cnc2[nH]ccc12)C1CC2CN(C(=O)Nc3nc(C4CC4)ns3)CC2C1. The highest BCUT2D eigenvalue weighted by Crippen LogP contribution is 2.43. The summed E-state index contributed by atoms with van der Waals surface area (Å²) in [6, 6.07) is 4.55. The number of fused-ring (bicyclic) bond motifs is 2. The summed E-state index contributed by atoms with van der Waals surface area (Å²) in [6.07, 6.45) is 7.83. The molecule has 3 fully saturated rings. The average molecular weight is 449 g/mol. The molecule has 2 atom stereocenters. The van der Waals surface area contributed by atoms with Crippen LogP contribution in [0.2, 0.25) is 0 Å². The lowest BCUT2D eigenvalue weighted by Gasteiger charge is -2.29. The lowest BCUT2D eigenvalue weighted by Crippen LogP contribution is -2.36. The Bertz CT molecular complexity index is 1210. The molecule has 3 aliphatic rings. The Labute approximate surface area is 189 Å². The summed E-state index contributed by atoms with van der Waals surface area (Å²) >= 11 is 1.27. The van der Waals surface area contributed by atoms with Gasteiger partial charge in [0.05, 0.1) is 11.3 Å². The zero-order valence-electron chi connectivity index (χ0n) is 17.8. The maximum Gasteiger partial charge on any atom is 0.323 e. The Morgan fingerprint density at radius 3 is 2.84 bits per heavy atom. The van der Waals surface area contributed by atoms with Crippen molar-refractivity contribution in [1.29, 1.82) is 5.26 Å². The lowest BCUT2D eigenvalue weighted by atomic mass is 10.0. The van der Waals surface area contributed by atoms with E-state index in [4.69, 9.17) is 0 Å². The van der Waals surface area contributed by atoms with Crippen LogP contribution in [0.4, 0.5) is 15.6 Å². The van der Waals surface area contributed by atoms with Gasteiger partial charge in [-0.05, 0) is 43.6 Å². The standard InChI is InChI=1S/C22H24N8OS/c1-29(18-15(8-23)9-25-20-17(18)4-5-24-20)16-6-13-10-30(11-14(13)7-16)22(31)27-21-26-19(28-32-21)12-2-3-12/h4-5,9,12-14,16H,2-3,6-7,10-11H2,1H3,(H,24,25)(H,26,27,28,31). The van der Waals surface area contributed by atoms with E-state index in [0.717, 1.165) is 61.3 Å². The van der Waals surface area contributed by atoms with Crippen molar-refractivity contribution in [3.8, 4) is 6.07 Å². The van der Waals surface area contributed by atoms with Crippen LogP contribution >= 0.6 is 11.5 Å². The van der Waals surface area contributed by atoms with E-state index in [1.54, 1.807) is 6.20 Å². The Hall–Kier alpha value is -3.19. The van der Waals surface area contributed by atoms with Gasteiger partial charge in [0.25, 0.3) is 0 Å². The Kier molecular flexibility index (Phi) is 4.54. The monoisotopic (exact) mass is 448 g/mol. The van der Waals surface area contributed by atoms with Gasteiger partial charge in [0.2, 0.25) is 5.13 Å². The zero-order chi connectivity index (χ0) is 21.8. The minimum absolute atomic E-state index is 0.0715. The molecular formula is C22H24N8OS. The molecule has 1 saturated heterocycles. The molecule has 2 N–H and O–H groups in total. The van der Waals surface area contributed by atoms with E-state index in [9.17, 15) is 10.1 Å². The van der Waals surface area contributed by atoms with Gasteiger partial charge >= 0.3 is 6.03 Å². The fraction of sp³-hybridized carbons (Fsp3) is 0.500. The number of carbonyl (C=O) groups is 1. The first-order valence-electron chi connectivity index (χ1n) is 11.1. The van der Waals surface area contributed by atoms with E-state index in [-0.39, 0.29) is 6.03 Å². The van der Waals surface area contributed by atoms with Crippen LogP contribution in [-0.4, -0.2) is 56.4 Å². The van der Waals surface area contributed by atoms with Crippen molar-refractivity contribution in [1.82, 2.24) is 24.2 Å². The fourth-order valence-corrected chi connectivity index (χ4v) is 5.99. The zero-order valence-corrected chi connectivity index (χ0v) is 18.6. The maximum atomic E-state index is 12.8. The van der Waals surface area contributed by atoms with E-state index >= 15 is 0 Å². The van der Waals surface area contributed by atoms with Crippen molar-refractivity contribution in [3.63, 3.8) is 0 Å². The molecule has 2 amide bonds. The van der Waals surface area contributed by atoms with Crippen LogP contribution in [-0.2, 0) is 0 Å². The molecule has 2 saturated carbocycles. The predicted octanol–water partition coefficient (Wildman–Crippen LogP) is 3.54. The summed E-state index contributed by atoms with van der Waals surface area (Å²) in [5, 5.41) is 14.2. The normalized spacial score (nSPS) is 24.5. The number of hydrogen-bond donors (Lipinski definition) is 2. The summed E-state index contributed by atoms with van der Waals surface area (Å²) in [5.74, 6) is 2.31. The smallest absolute Gasteiger partial charge is 0.323 e. The number of amides is 2. The minimum atomic E-state index is -0.0715. The predicted molar refractivity (Wildman–Crippen MR) is 122 cm³/mol. The van der Waals surface area contributed by atoms with Crippen molar-refractivity contribution in [2.75, 3.05) is 30.4 Å². The number of nitrogens with zero attached hydrogens (tertiary/aromatic N) is 6. The van der Waals surface area contributed by atoms with Crippen molar-refractivity contribution >= 4 is 39.4 Å². The Balaban J connectivity index is 1.12. The van der Waals surface area contributed by atoms with Crippen LogP contribution in [0.25, 0.3) is 11.0 Å². The largest absolute Gasteiger partial charge is 0.370 e. The summed E-state index contributed by atoms with van der Waals surface area (Å²) in [7, 11) is 2.08. The van der Waals surface area contributed by atoms with Crippen LogP contribution in [0.15, 0.2) is 18.5 Å². The van der Waals surface area contributed by atoms with Gasteiger partial charge in [-0.15, -0.1) is 0 Å². The van der Waals surface area contributed by atoms with E-state index < -0.39 is 0 Å². The molecular weight excluding hydrogens is 424 g/mol. The number of nitriles is 1. The van der Waals surface area contributed by atoms with E-state index in [1.165, 1.54) is 11.5 Å². The molecule has 2 unspecified atom stereocenters. The molecule has 6 rings (SSSR count). The van der Waals surface area contributed by atoms with Gasteiger partial charge < -0.3 is 14.8 Å². The summed E-state index contributed by atoms with van der Waals surface area (Å²) in [6.45, 7) is 1.52. The second-order valence-corrected chi connectivity index (χ2v) is 9.95. The molecule has 10 heteroatoms. The molecule has 1 aliphatic heterocycles. The molecule has 0 spiro atoms. The van der Waals surface area contributed by atoms with Crippen molar-refractivity contribution in [3.05, 3.63) is 29.8 Å². The lowest BCUT2D eigenvalue weighted by molar-refractivity contribution is 0.218. The van der Waals surface area contributed by atoms with Gasteiger partial charge in [-0.1, -0.05) is 0 Å². The first kappa shape index (κ1) is 19.5. The number of hydrogen-bond acceptors (Lipinski definition) is 7. The molecule has 32 heavy (non-hydrogen) atoms. The third-order valence-electron chi connectivity index (χ3n) is 7.19. The molecule has 0 bridgehead atoms. The minimum Gasteiger partial charge on any atom is -0.370 e. The number of H-pyrrole nitrogens is 1. The van der Waals surface area contributed by atoms with Crippen molar-refractivity contribution in [2.45, 2.75) is 37.6 Å². The van der Waals surface area contributed by atoms with Crippen LogP contribution in [0, 0.1) is 23.2 Å². The number of rotatable bonds is 4. The number of anilines is 2. The number of urea groups is 1. The van der Waals surface area contributed by atoms with Gasteiger partial charge in [-0.3, -0.25) is 5.32 Å².